The molecule has 0 fully saturated rings. The van der Waals surface area contributed by atoms with Crippen LogP contribution in [0.3, 0.4) is 0 Å². The lowest BCUT2D eigenvalue weighted by Gasteiger charge is -2.10. The van der Waals surface area contributed by atoms with Gasteiger partial charge in [0.1, 0.15) is 11.6 Å². The Balaban J connectivity index is 1.38. The number of carbonyl (C=O) groups is 1. The second kappa shape index (κ2) is 7.79. The average molecular weight is 409 g/mol. The van der Waals surface area contributed by atoms with Crippen molar-refractivity contribution in [2.75, 3.05) is 5.32 Å². The Morgan fingerprint density at radius 1 is 1.00 bits per heavy atom. The van der Waals surface area contributed by atoms with Gasteiger partial charge in [-0.1, -0.05) is 30.3 Å². The zero-order valence-electron chi connectivity index (χ0n) is 16.5. The van der Waals surface area contributed by atoms with Crippen molar-refractivity contribution < 1.29 is 9.90 Å². The first-order chi connectivity index (χ1) is 15.2. The van der Waals surface area contributed by atoms with Crippen LogP contribution in [-0.2, 0) is 6.54 Å². The van der Waals surface area contributed by atoms with E-state index in [0.29, 0.717) is 17.9 Å². The topological polar surface area (TPSA) is 107 Å². The highest BCUT2D eigenvalue weighted by molar-refractivity contribution is 5.95. The maximum absolute atomic E-state index is 11.6. The van der Waals surface area contributed by atoms with Crippen LogP contribution < -0.4 is 5.32 Å². The first-order valence-corrected chi connectivity index (χ1v) is 9.82. The fraction of sp³-hybridized carbons (Fsp3) is 0.0417. The highest BCUT2D eigenvalue weighted by Gasteiger charge is 2.14. The van der Waals surface area contributed by atoms with E-state index in [1.54, 1.807) is 18.5 Å². The molecule has 0 saturated heterocycles. The molecule has 0 unspecified atom stereocenters. The Morgan fingerprint density at radius 2 is 1.90 bits per heavy atom. The van der Waals surface area contributed by atoms with E-state index in [4.69, 9.17) is 0 Å². The number of H-pyrrole nitrogens is 2. The third-order valence-corrected chi connectivity index (χ3v) is 5.09. The molecule has 31 heavy (non-hydrogen) atoms. The first kappa shape index (κ1) is 18.6. The van der Waals surface area contributed by atoms with Gasteiger partial charge in [0.15, 0.2) is 0 Å². The van der Waals surface area contributed by atoms with Gasteiger partial charge in [-0.3, -0.25) is 0 Å². The van der Waals surface area contributed by atoms with Gasteiger partial charge in [0.2, 0.25) is 0 Å². The molecule has 7 heteroatoms. The number of aromatic carboxylic acids is 1. The Bertz CT molecular complexity index is 1340. The number of carboxylic acids is 1. The smallest absolute Gasteiger partial charge is 0.336 e. The van der Waals surface area contributed by atoms with Crippen molar-refractivity contribution in [3.05, 3.63) is 90.3 Å². The van der Waals surface area contributed by atoms with Crippen LogP contribution in [0.15, 0.2) is 79.1 Å². The number of anilines is 1. The number of hydrogen-bond donors (Lipinski definition) is 4. The molecule has 0 spiro atoms. The minimum Gasteiger partial charge on any atom is -0.478 e. The SMILES string of the molecule is O=C(O)c1ccc(CNc2cccc(-c3nc4ccccc4[nH]3)c2)cc1-c1ncc[nH]1. The molecule has 4 N–H and O–H groups in total. The normalized spacial score (nSPS) is 11.0. The van der Waals surface area contributed by atoms with Crippen LogP contribution in [0.4, 0.5) is 5.69 Å². The summed E-state index contributed by atoms with van der Waals surface area (Å²) in [6, 6.07) is 21.2. The van der Waals surface area contributed by atoms with Crippen LogP contribution in [0.5, 0.6) is 0 Å². The molecular formula is C24H19N5O2. The molecule has 0 aliphatic rings. The number of rotatable bonds is 6. The van der Waals surface area contributed by atoms with Crippen molar-refractivity contribution >= 4 is 22.7 Å². The molecule has 0 atom stereocenters. The predicted octanol–water partition coefficient (Wildman–Crippen LogP) is 4.93. The number of hydrogen-bond acceptors (Lipinski definition) is 4. The number of aromatic amines is 2. The second-order valence-electron chi connectivity index (χ2n) is 7.16. The van der Waals surface area contributed by atoms with Crippen LogP contribution >= 0.6 is 0 Å². The lowest BCUT2D eigenvalue weighted by atomic mass is 10.0. The molecule has 7 nitrogen and oxygen atoms in total. The molecule has 0 bridgehead atoms. The number of aromatic nitrogens is 4. The van der Waals surface area contributed by atoms with Gasteiger partial charge in [-0.2, -0.15) is 0 Å². The lowest BCUT2D eigenvalue weighted by Crippen LogP contribution is -2.04. The fourth-order valence-electron chi connectivity index (χ4n) is 3.57. The monoisotopic (exact) mass is 409 g/mol. The molecule has 0 aliphatic carbocycles. The Kier molecular flexibility index (Phi) is 4.68. The van der Waals surface area contributed by atoms with Crippen LogP contribution in [0.1, 0.15) is 15.9 Å². The summed E-state index contributed by atoms with van der Waals surface area (Å²) in [5, 5.41) is 12.9. The van der Waals surface area contributed by atoms with E-state index in [0.717, 1.165) is 33.7 Å². The predicted molar refractivity (Wildman–Crippen MR) is 120 cm³/mol. The molecule has 152 valence electrons. The van der Waals surface area contributed by atoms with E-state index < -0.39 is 5.97 Å². The van der Waals surface area contributed by atoms with Crippen LogP contribution in [-0.4, -0.2) is 31.0 Å². The number of nitrogens with zero attached hydrogens (tertiary/aromatic N) is 2. The molecule has 0 aliphatic heterocycles. The molecular weight excluding hydrogens is 390 g/mol. The minimum absolute atomic E-state index is 0.214. The molecule has 5 aromatic rings. The standard InChI is InChI=1S/C24H19N5O2/c30-24(31)18-9-8-15(12-19(18)23-25-10-11-26-23)14-27-17-5-3-4-16(13-17)22-28-20-6-1-2-7-21(20)29-22/h1-13,27H,14H2,(H,25,26)(H,28,29)(H,30,31). The maximum atomic E-state index is 11.6. The summed E-state index contributed by atoms with van der Waals surface area (Å²) >= 11 is 0. The summed E-state index contributed by atoms with van der Waals surface area (Å²) in [6.45, 7) is 0.539. The Hall–Kier alpha value is -4.39. The second-order valence-corrected chi connectivity index (χ2v) is 7.16. The summed E-state index contributed by atoms with van der Waals surface area (Å²) in [6.07, 6.45) is 3.28. The third kappa shape index (κ3) is 3.76. The molecule has 3 aromatic carbocycles. The van der Waals surface area contributed by atoms with Gasteiger partial charge in [0.25, 0.3) is 0 Å². The highest BCUT2D eigenvalue weighted by Crippen LogP contribution is 2.25. The summed E-state index contributed by atoms with van der Waals surface area (Å²) in [5.41, 5.74) is 5.59. The van der Waals surface area contributed by atoms with Gasteiger partial charge in [-0.25, -0.2) is 14.8 Å². The number of imidazole rings is 2. The van der Waals surface area contributed by atoms with Gasteiger partial charge in [0.05, 0.1) is 16.6 Å². The molecule has 2 heterocycles. The Morgan fingerprint density at radius 3 is 2.71 bits per heavy atom. The summed E-state index contributed by atoms with van der Waals surface area (Å²) < 4.78 is 0. The zero-order chi connectivity index (χ0) is 21.2. The van der Waals surface area contributed by atoms with Crippen molar-refractivity contribution in [1.82, 2.24) is 19.9 Å². The van der Waals surface area contributed by atoms with Gasteiger partial charge >= 0.3 is 5.97 Å². The molecule has 5 rings (SSSR count). The van der Waals surface area contributed by atoms with E-state index in [2.05, 4.69) is 25.3 Å². The van der Waals surface area contributed by atoms with Crippen molar-refractivity contribution in [2.24, 2.45) is 0 Å². The Labute approximate surface area is 177 Å². The van der Waals surface area contributed by atoms with Crippen LogP contribution in [0.2, 0.25) is 0 Å². The maximum Gasteiger partial charge on any atom is 0.336 e. The first-order valence-electron chi connectivity index (χ1n) is 9.82. The minimum atomic E-state index is -0.982. The third-order valence-electron chi connectivity index (χ3n) is 5.09. The highest BCUT2D eigenvalue weighted by atomic mass is 16.4. The number of benzene rings is 3. The molecule has 0 radical (unpaired) electrons. The summed E-state index contributed by atoms with van der Waals surface area (Å²) in [7, 11) is 0. The average Bonchev–Trinajstić information content (AvgIpc) is 3.47. The van der Waals surface area contributed by atoms with E-state index >= 15 is 0 Å². The molecule has 2 aromatic heterocycles. The van der Waals surface area contributed by atoms with E-state index in [1.165, 1.54) is 0 Å². The van der Waals surface area contributed by atoms with Crippen LogP contribution in [0.25, 0.3) is 33.8 Å². The van der Waals surface area contributed by atoms with Gasteiger partial charge in [-0.05, 0) is 42.0 Å². The quantitative estimate of drug-likeness (QED) is 0.318. The number of para-hydroxylation sites is 2. The van der Waals surface area contributed by atoms with E-state index in [9.17, 15) is 9.90 Å². The van der Waals surface area contributed by atoms with Gasteiger partial charge in [0, 0.05) is 35.8 Å². The number of carboxylic acid groups (broad SMARTS) is 1. The lowest BCUT2D eigenvalue weighted by molar-refractivity contribution is 0.0697. The largest absolute Gasteiger partial charge is 0.478 e. The van der Waals surface area contributed by atoms with E-state index in [1.807, 2.05) is 60.7 Å². The fourth-order valence-corrected chi connectivity index (χ4v) is 3.57. The van der Waals surface area contributed by atoms with Crippen molar-refractivity contribution in [2.45, 2.75) is 6.54 Å². The van der Waals surface area contributed by atoms with Crippen molar-refractivity contribution in [3.63, 3.8) is 0 Å². The van der Waals surface area contributed by atoms with Gasteiger partial charge in [-0.15, -0.1) is 0 Å². The van der Waals surface area contributed by atoms with Crippen molar-refractivity contribution in [1.29, 1.82) is 0 Å². The number of nitrogens with one attached hydrogen (secondary N) is 3. The summed E-state index contributed by atoms with van der Waals surface area (Å²) in [5.74, 6) is 0.367. The molecule has 0 amide bonds. The zero-order valence-corrected chi connectivity index (χ0v) is 16.5. The number of fused-ring (bicyclic) bond motifs is 1. The van der Waals surface area contributed by atoms with Crippen molar-refractivity contribution in [3.8, 4) is 22.8 Å². The summed E-state index contributed by atoms with van der Waals surface area (Å²) in [4.78, 5) is 26.8. The molecule has 0 saturated carbocycles. The van der Waals surface area contributed by atoms with Gasteiger partial charge < -0.3 is 20.4 Å². The van der Waals surface area contributed by atoms with E-state index in [-0.39, 0.29) is 5.56 Å². The van der Waals surface area contributed by atoms with Crippen LogP contribution in [0, 0.1) is 0 Å².